The van der Waals surface area contributed by atoms with Gasteiger partial charge in [-0.15, -0.1) is 10.2 Å². The molecule has 1 aromatic rings. The number of aliphatic hydroxyl groups is 1. The van der Waals surface area contributed by atoms with Crippen molar-refractivity contribution in [2.24, 2.45) is 5.92 Å². The van der Waals surface area contributed by atoms with E-state index >= 15 is 0 Å². The van der Waals surface area contributed by atoms with Crippen molar-refractivity contribution in [3.05, 3.63) is 12.1 Å². The van der Waals surface area contributed by atoms with Gasteiger partial charge in [0, 0.05) is 65.4 Å². The minimum absolute atomic E-state index is 0.239. The molecule has 4 rings (SSSR count). The monoisotopic (exact) mass is 388 g/mol. The van der Waals surface area contributed by atoms with E-state index in [4.69, 9.17) is 5.11 Å². The Labute approximate surface area is 169 Å². The molecule has 7 nitrogen and oxygen atoms in total. The van der Waals surface area contributed by atoms with Gasteiger partial charge in [-0.3, -0.25) is 9.80 Å². The molecule has 0 unspecified atom stereocenters. The Morgan fingerprint density at radius 1 is 0.750 bits per heavy atom. The predicted molar refractivity (Wildman–Crippen MR) is 113 cm³/mol. The van der Waals surface area contributed by atoms with Crippen LogP contribution in [0.4, 0.5) is 11.6 Å². The Balaban J connectivity index is 1.23. The van der Waals surface area contributed by atoms with Gasteiger partial charge in [0.2, 0.25) is 0 Å². The summed E-state index contributed by atoms with van der Waals surface area (Å²) in [6.45, 7) is 10.6. The van der Waals surface area contributed by atoms with Crippen LogP contribution in [-0.2, 0) is 0 Å². The highest BCUT2D eigenvalue weighted by molar-refractivity contribution is 5.45. The average molecular weight is 389 g/mol. The third-order valence-electron chi connectivity index (χ3n) is 6.69. The van der Waals surface area contributed by atoms with Crippen LogP contribution < -0.4 is 9.80 Å². The highest BCUT2D eigenvalue weighted by Gasteiger charge is 2.23. The molecule has 3 aliphatic rings. The van der Waals surface area contributed by atoms with Gasteiger partial charge < -0.3 is 14.9 Å². The molecule has 7 heteroatoms. The van der Waals surface area contributed by atoms with Crippen LogP contribution in [0.25, 0.3) is 0 Å². The summed E-state index contributed by atoms with van der Waals surface area (Å²) in [6, 6.07) is 4.26. The van der Waals surface area contributed by atoms with E-state index in [-0.39, 0.29) is 6.61 Å². The van der Waals surface area contributed by atoms with Crippen molar-refractivity contribution in [2.45, 2.75) is 32.1 Å². The predicted octanol–water partition coefficient (Wildman–Crippen LogP) is 1.29. The van der Waals surface area contributed by atoms with Crippen LogP contribution >= 0.6 is 0 Å². The Hall–Kier alpha value is -1.44. The number of nitrogens with zero attached hydrogens (tertiary/aromatic N) is 6. The molecule has 3 heterocycles. The Bertz CT molecular complexity index is 575. The smallest absolute Gasteiger partial charge is 0.151 e. The second kappa shape index (κ2) is 9.85. The van der Waals surface area contributed by atoms with Crippen molar-refractivity contribution < 1.29 is 5.11 Å². The molecule has 0 radical (unpaired) electrons. The van der Waals surface area contributed by atoms with Crippen molar-refractivity contribution >= 4 is 11.6 Å². The van der Waals surface area contributed by atoms with E-state index in [1.807, 2.05) is 0 Å². The van der Waals surface area contributed by atoms with Gasteiger partial charge in [-0.2, -0.15) is 0 Å². The number of β-amino-alcohol motifs (C(OH)–C–C–N with tert-alkyl or cyclic N) is 1. The normalized spacial score (nSPS) is 23.3. The quantitative estimate of drug-likeness (QED) is 0.788. The Kier molecular flexibility index (Phi) is 6.99. The molecule has 3 fully saturated rings. The van der Waals surface area contributed by atoms with E-state index in [0.717, 1.165) is 76.5 Å². The first kappa shape index (κ1) is 19.9. The summed E-state index contributed by atoms with van der Waals surface area (Å²) in [7, 11) is 0. The topological polar surface area (TPSA) is 59.0 Å². The maximum atomic E-state index is 9.07. The second-order valence-corrected chi connectivity index (χ2v) is 8.59. The highest BCUT2D eigenvalue weighted by Crippen LogP contribution is 2.25. The molecule has 0 bridgehead atoms. The molecule has 156 valence electrons. The molecule has 1 aliphatic carbocycles. The molecule has 2 aliphatic heterocycles. The molecule has 28 heavy (non-hydrogen) atoms. The fraction of sp³-hybridized carbons (Fsp3) is 0.810. The number of piperazine rings is 2. The first-order valence-electron chi connectivity index (χ1n) is 11.2. The SMILES string of the molecule is OCCN1CCN(c2ccc(N3CCN(CC4CCCCC4)CC3)nn2)CC1. The summed E-state index contributed by atoms with van der Waals surface area (Å²) in [6.07, 6.45) is 7.17. The Morgan fingerprint density at radius 2 is 1.29 bits per heavy atom. The number of aliphatic hydroxyl groups excluding tert-OH is 1. The fourth-order valence-corrected chi connectivity index (χ4v) is 4.89. The molecule has 1 N–H and O–H groups in total. The summed E-state index contributed by atoms with van der Waals surface area (Å²) in [4.78, 5) is 9.63. The summed E-state index contributed by atoms with van der Waals surface area (Å²) in [5.41, 5.74) is 0. The highest BCUT2D eigenvalue weighted by atomic mass is 16.3. The van der Waals surface area contributed by atoms with Gasteiger partial charge in [-0.05, 0) is 30.9 Å². The van der Waals surface area contributed by atoms with Gasteiger partial charge in [0.15, 0.2) is 11.6 Å². The van der Waals surface area contributed by atoms with E-state index in [0.29, 0.717) is 0 Å². The number of anilines is 2. The standard InChI is InChI=1S/C21H36N6O/c28-17-16-24-8-12-26(13-9-24)20-6-7-21(23-22-20)27-14-10-25(11-15-27)18-19-4-2-1-3-5-19/h6-7,19,28H,1-5,8-18H2. The van der Waals surface area contributed by atoms with Gasteiger partial charge in [0.25, 0.3) is 0 Å². The number of aromatic nitrogens is 2. The van der Waals surface area contributed by atoms with Crippen molar-refractivity contribution in [3.8, 4) is 0 Å². The van der Waals surface area contributed by atoms with Crippen LogP contribution in [0.3, 0.4) is 0 Å². The van der Waals surface area contributed by atoms with Crippen LogP contribution in [0.1, 0.15) is 32.1 Å². The maximum Gasteiger partial charge on any atom is 0.151 e. The van der Waals surface area contributed by atoms with Gasteiger partial charge in [0.1, 0.15) is 0 Å². The lowest BCUT2D eigenvalue weighted by atomic mass is 9.89. The van der Waals surface area contributed by atoms with Crippen LogP contribution in [0.2, 0.25) is 0 Å². The van der Waals surface area contributed by atoms with Gasteiger partial charge in [-0.25, -0.2) is 0 Å². The minimum Gasteiger partial charge on any atom is -0.395 e. The summed E-state index contributed by atoms with van der Waals surface area (Å²) < 4.78 is 0. The fourth-order valence-electron chi connectivity index (χ4n) is 4.89. The molecule has 0 amide bonds. The minimum atomic E-state index is 0.239. The van der Waals surface area contributed by atoms with Crippen LogP contribution in [0, 0.1) is 5.92 Å². The van der Waals surface area contributed by atoms with E-state index in [9.17, 15) is 0 Å². The van der Waals surface area contributed by atoms with Crippen molar-refractivity contribution in [3.63, 3.8) is 0 Å². The van der Waals surface area contributed by atoms with E-state index in [1.165, 1.54) is 38.6 Å². The average Bonchev–Trinajstić information content (AvgIpc) is 2.76. The van der Waals surface area contributed by atoms with Gasteiger partial charge in [-0.1, -0.05) is 19.3 Å². The van der Waals surface area contributed by atoms with Crippen molar-refractivity contribution in [2.75, 3.05) is 81.9 Å². The molecule has 0 spiro atoms. The van der Waals surface area contributed by atoms with Crippen molar-refractivity contribution in [1.82, 2.24) is 20.0 Å². The number of rotatable bonds is 6. The summed E-state index contributed by atoms with van der Waals surface area (Å²) >= 11 is 0. The van der Waals surface area contributed by atoms with E-state index < -0.39 is 0 Å². The number of hydrogen-bond donors (Lipinski definition) is 1. The zero-order chi connectivity index (χ0) is 19.2. The first-order valence-corrected chi connectivity index (χ1v) is 11.2. The zero-order valence-electron chi connectivity index (χ0n) is 17.2. The third-order valence-corrected chi connectivity index (χ3v) is 6.69. The molecule has 1 saturated carbocycles. The van der Waals surface area contributed by atoms with Crippen LogP contribution in [0.5, 0.6) is 0 Å². The molecule has 0 aromatic carbocycles. The van der Waals surface area contributed by atoms with Gasteiger partial charge in [0.05, 0.1) is 6.61 Å². The van der Waals surface area contributed by atoms with Crippen LogP contribution in [0.15, 0.2) is 12.1 Å². The lowest BCUT2D eigenvalue weighted by Crippen LogP contribution is -2.48. The van der Waals surface area contributed by atoms with Crippen LogP contribution in [-0.4, -0.2) is 97.2 Å². The van der Waals surface area contributed by atoms with E-state index in [2.05, 4.69) is 41.9 Å². The molecular formula is C21H36N6O. The second-order valence-electron chi connectivity index (χ2n) is 8.59. The maximum absolute atomic E-state index is 9.07. The van der Waals surface area contributed by atoms with Gasteiger partial charge >= 0.3 is 0 Å². The Morgan fingerprint density at radius 3 is 1.79 bits per heavy atom. The molecule has 1 aromatic heterocycles. The van der Waals surface area contributed by atoms with E-state index in [1.54, 1.807) is 0 Å². The molecule has 0 atom stereocenters. The van der Waals surface area contributed by atoms with Crippen molar-refractivity contribution in [1.29, 1.82) is 0 Å². The molecule has 2 saturated heterocycles. The first-order chi connectivity index (χ1) is 13.8. The zero-order valence-corrected chi connectivity index (χ0v) is 17.2. The lowest BCUT2D eigenvalue weighted by molar-refractivity contribution is 0.188. The molecular weight excluding hydrogens is 352 g/mol. The number of hydrogen-bond acceptors (Lipinski definition) is 7. The summed E-state index contributed by atoms with van der Waals surface area (Å²) in [5, 5.41) is 18.1. The largest absolute Gasteiger partial charge is 0.395 e. The lowest BCUT2D eigenvalue weighted by Gasteiger charge is -2.38. The summed E-state index contributed by atoms with van der Waals surface area (Å²) in [5.74, 6) is 2.92. The third kappa shape index (κ3) is 5.13.